The number of nitrogens with two attached hydrogens (primary N) is 1. The maximum atomic E-state index is 8.79. The van der Waals surface area contributed by atoms with Gasteiger partial charge >= 0.3 is 0 Å². The number of aliphatic hydroxyl groups is 1. The second kappa shape index (κ2) is 3.12. The van der Waals surface area contributed by atoms with Gasteiger partial charge in [0.1, 0.15) is 0 Å². The maximum absolute atomic E-state index is 8.79. The highest BCUT2D eigenvalue weighted by atomic mass is 32.1. The molecule has 1 aliphatic rings. The lowest BCUT2D eigenvalue weighted by molar-refractivity contribution is 0.266. The zero-order valence-corrected chi connectivity index (χ0v) is 7.55. The van der Waals surface area contributed by atoms with Crippen molar-refractivity contribution in [3.63, 3.8) is 0 Å². The molecule has 0 aliphatic heterocycles. The summed E-state index contributed by atoms with van der Waals surface area (Å²) in [5.74, 6) is 0.689. The van der Waals surface area contributed by atoms with Crippen molar-refractivity contribution < 1.29 is 5.11 Å². The third-order valence-electron chi connectivity index (χ3n) is 2.04. The van der Waals surface area contributed by atoms with E-state index in [-0.39, 0.29) is 12.6 Å². The van der Waals surface area contributed by atoms with E-state index in [4.69, 9.17) is 10.8 Å². The highest BCUT2D eigenvalue weighted by Gasteiger charge is 2.27. The molecule has 2 rings (SSSR count). The molecule has 1 saturated carbocycles. The minimum absolute atomic E-state index is 0.0200. The molecule has 0 unspecified atom stereocenters. The predicted octanol–water partition coefficient (Wildman–Crippen LogP) is 1.01. The summed E-state index contributed by atoms with van der Waals surface area (Å²) in [6.45, 7) is -0.0200. The summed E-state index contributed by atoms with van der Waals surface area (Å²) in [5.41, 5.74) is 6.46. The fourth-order valence-corrected chi connectivity index (χ4v) is 2.14. The first-order valence-corrected chi connectivity index (χ1v) is 5.01. The van der Waals surface area contributed by atoms with Crippen molar-refractivity contribution in [2.24, 2.45) is 5.73 Å². The van der Waals surface area contributed by atoms with Gasteiger partial charge < -0.3 is 10.8 Å². The monoisotopic (exact) mass is 184 g/mol. The smallest absolute Gasteiger partial charge is 0.0959 e. The predicted molar refractivity (Wildman–Crippen MR) is 48.1 cm³/mol. The third kappa shape index (κ3) is 1.50. The van der Waals surface area contributed by atoms with Crippen molar-refractivity contribution in [3.8, 4) is 0 Å². The van der Waals surface area contributed by atoms with E-state index in [0.29, 0.717) is 5.92 Å². The highest BCUT2D eigenvalue weighted by molar-refractivity contribution is 7.09. The van der Waals surface area contributed by atoms with Crippen LogP contribution in [0.3, 0.4) is 0 Å². The average molecular weight is 184 g/mol. The van der Waals surface area contributed by atoms with Gasteiger partial charge in [-0.3, -0.25) is 0 Å². The van der Waals surface area contributed by atoms with Crippen LogP contribution in [0, 0.1) is 0 Å². The Morgan fingerprint density at radius 3 is 3.08 bits per heavy atom. The Bertz CT molecular complexity index is 270. The van der Waals surface area contributed by atoms with Crippen molar-refractivity contribution in [1.82, 2.24) is 4.98 Å². The van der Waals surface area contributed by atoms with Crippen LogP contribution in [-0.2, 0) is 0 Å². The zero-order chi connectivity index (χ0) is 8.55. The Hall–Kier alpha value is -0.450. The summed E-state index contributed by atoms with van der Waals surface area (Å²) in [6, 6.07) is -0.297. The molecule has 1 aliphatic carbocycles. The molecule has 1 heterocycles. The molecule has 66 valence electrons. The van der Waals surface area contributed by atoms with E-state index in [1.807, 2.05) is 5.38 Å². The number of aromatic nitrogens is 1. The van der Waals surface area contributed by atoms with E-state index in [0.717, 1.165) is 5.69 Å². The molecule has 0 aromatic carbocycles. The van der Waals surface area contributed by atoms with Gasteiger partial charge in [-0.15, -0.1) is 11.3 Å². The topological polar surface area (TPSA) is 59.1 Å². The van der Waals surface area contributed by atoms with E-state index < -0.39 is 0 Å². The van der Waals surface area contributed by atoms with Gasteiger partial charge in [-0.2, -0.15) is 0 Å². The fraction of sp³-hybridized carbons (Fsp3) is 0.625. The zero-order valence-electron chi connectivity index (χ0n) is 6.73. The minimum atomic E-state index is -0.297. The van der Waals surface area contributed by atoms with Gasteiger partial charge in [0.25, 0.3) is 0 Å². The van der Waals surface area contributed by atoms with Crippen molar-refractivity contribution >= 4 is 11.3 Å². The molecule has 12 heavy (non-hydrogen) atoms. The molecule has 3 nitrogen and oxygen atoms in total. The summed E-state index contributed by atoms with van der Waals surface area (Å²) in [4.78, 5) is 4.38. The second-order valence-electron chi connectivity index (χ2n) is 3.17. The highest BCUT2D eigenvalue weighted by Crippen LogP contribution is 2.41. The lowest BCUT2D eigenvalue weighted by atomic mass is 10.3. The summed E-state index contributed by atoms with van der Waals surface area (Å²) < 4.78 is 0. The van der Waals surface area contributed by atoms with Crippen molar-refractivity contribution in [2.45, 2.75) is 24.8 Å². The Morgan fingerprint density at radius 1 is 1.75 bits per heavy atom. The Labute approximate surface area is 75.2 Å². The second-order valence-corrected chi connectivity index (χ2v) is 4.06. The van der Waals surface area contributed by atoms with E-state index >= 15 is 0 Å². The SMILES string of the molecule is N[C@H](CO)c1csc(C2CC2)n1. The summed E-state index contributed by atoms with van der Waals surface area (Å²) in [5, 5.41) is 11.9. The Kier molecular flexibility index (Phi) is 2.12. The van der Waals surface area contributed by atoms with Crippen LogP contribution in [-0.4, -0.2) is 16.7 Å². The molecular weight excluding hydrogens is 172 g/mol. The first-order chi connectivity index (χ1) is 5.81. The van der Waals surface area contributed by atoms with E-state index in [1.54, 1.807) is 11.3 Å². The van der Waals surface area contributed by atoms with Crippen LogP contribution in [0.2, 0.25) is 0 Å². The van der Waals surface area contributed by atoms with Crippen molar-refractivity contribution in [1.29, 1.82) is 0 Å². The molecule has 0 bridgehead atoms. The molecule has 1 fully saturated rings. The molecular formula is C8H12N2OS. The van der Waals surface area contributed by atoms with Crippen molar-refractivity contribution in [2.75, 3.05) is 6.61 Å². The van der Waals surface area contributed by atoms with E-state index in [1.165, 1.54) is 17.8 Å². The molecule has 1 aromatic rings. The molecule has 0 saturated heterocycles. The molecule has 0 amide bonds. The van der Waals surface area contributed by atoms with Crippen LogP contribution in [0.1, 0.15) is 35.5 Å². The number of rotatable bonds is 3. The molecule has 1 atom stereocenters. The van der Waals surface area contributed by atoms with Crippen LogP contribution in [0.4, 0.5) is 0 Å². The molecule has 0 spiro atoms. The van der Waals surface area contributed by atoms with Gasteiger partial charge in [-0.1, -0.05) is 0 Å². The fourth-order valence-electron chi connectivity index (χ4n) is 1.08. The first-order valence-electron chi connectivity index (χ1n) is 4.13. The molecule has 3 N–H and O–H groups in total. The molecule has 0 radical (unpaired) electrons. The first kappa shape index (κ1) is 8.16. The lowest BCUT2D eigenvalue weighted by Crippen LogP contribution is -2.14. The number of hydrogen-bond donors (Lipinski definition) is 2. The Balaban J connectivity index is 2.12. The Morgan fingerprint density at radius 2 is 2.50 bits per heavy atom. The summed E-state index contributed by atoms with van der Waals surface area (Å²) in [6.07, 6.45) is 2.53. The van der Waals surface area contributed by atoms with Crippen LogP contribution in [0.25, 0.3) is 0 Å². The number of hydrogen-bond acceptors (Lipinski definition) is 4. The maximum Gasteiger partial charge on any atom is 0.0959 e. The quantitative estimate of drug-likeness (QED) is 0.737. The van der Waals surface area contributed by atoms with Gasteiger partial charge in [-0.05, 0) is 12.8 Å². The van der Waals surface area contributed by atoms with E-state index in [9.17, 15) is 0 Å². The van der Waals surface area contributed by atoms with Crippen LogP contribution < -0.4 is 5.73 Å². The van der Waals surface area contributed by atoms with Crippen LogP contribution in [0.15, 0.2) is 5.38 Å². The molecule has 1 aromatic heterocycles. The van der Waals surface area contributed by atoms with Gasteiger partial charge in [0, 0.05) is 11.3 Å². The number of nitrogens with zero attached hydrogens (tertiary/aromatic N) is 1. The molecule has 4 heteroatoms. The van der Waals surface area contributed by atoms with Gasteiger partial charge in [0.2, 0.25) is 0 Å². The van der Waals surface area contributed by atoms with Crippen LogP contribution >= 0.6 is 11.3 Å². The average Bonchev–Trinajstić information content (AvgIpc) is 2.83. The number of aliphatic hydroxyl groups excluding tert-OH is 1. The summed E-state index contributed by atoms with van der Waals surface area (Å²) in [7, 11) is 0. The largest absolute Gasteiger partial charge is 0.394 e. The van der Waals surface area contributed by atoms with Crippen LogP contribution in [0.5, 0.6) is 0 Å². The van der Waals surface area contributed by atoms with Gasteiger partial charge in [0.15, 0.2) is 0 Å². The normalized spacial score (nSPS) is 19.5. The number of thiazole rings is 1. The summed E-state index contributed by atoms with van der Waals surface area (Å²) >= 11 is 1.66. The van der Waals surface area contributed by atoms with E-state index in [2.05, 4.69) is 4.98 Å². The minimum Gasteiger partial charge on any atom is -0.394 e. The van der Waals surface area contributed by atoms with Gasteiger partial charge in [0.05, 0.1) is 23.4 Å². The van der Waals surface area contributed by atoms with Crippen molar-refractivity contribution in [3.05, 3.63) is 16.1 Å². The third-order valence-corrected chi connectivity index (χ3v) is 3.07. The lowest BCUT2D eigenvalue weighted by Gasteiger charge is -2.01. The standard InChI is InChI=1S/C8H12N2OS/c9-6(3-11)7-4-12-8(10-7)5-1-2-5/h4-6,11H,1-3,9H2/t6-/m1/s1. The van der Waals surface area contributed by atoms with Gasteiger partial charge in [-0.25, -0.2) is 4.98 Å².